The number of hydrogen-bond donors (Lipinski definition) is 0. The van der Waals surface area contributed by atoms with E-state index in [2.05, 4.69) is 25.3 Å². The second-order valence-corrected chi connectivity index (χ2v) is 7.85. The molecule has 4 rings (SSSR count). The van der Waals surface area contributed by atoms with Gasteiger partial charge in [-0.15, -0.1) is 4.80 Å². The summed E-state index contributed by atoms with van der Waals surface area (Å²) in [5, 5.41) is 12.4. The van der Waals surface area contributed by atoms with Crippen molar-refractivity contribution >= 4 is 23.0 Å². The van der Waals surface area contributed by atoms with Gasteiger partial charge >= 0.3 is 6.18 Å². The molecule has 4 aromatic rings. The Morgan fingerprint density at radius 3 is 2.41 bits per heavy atom. The number of ketones is 1. The number of nitrogens with zero attached hydrogens (tertiary/aromatic N) is 7. The summed E-state index contributed by atoms with van der Waals surface area (Å²) in [6, 6.07) is 2.46. The molecule has 0 radical (unpaired) electrons. The van der Waals surface area contributed by atoms with E-state index in [0.717, 1.165) is 22.8 Å². The third kappa shape index (κ3) is 4.33. The SMILES string of the molecule is CC(C)c1c(CC(=O)Cc2cc(C(F)(F)F)ncc2-n2nccn2)cnc2cc(Cl)nn12. The molecule has 166 valence electrons. The molecule has 0 unspecified atom stereocenters. The van der Waals surface area contributed by atoms with Crippen LogP contribution in [0, 0.1) is 0 Å². The van der Waals surface area contributed by atoms with Gasteiger partial charge in [0.05, 0.1) is 24.3 Å². The lowest BCUT2D eigenvalue weighted by Gasteiger charge is -2.15. The summed E-state index contributed by atoms with van der Waals surface area (Å²) >= 11 is 5.99. The van der Waals surface area contributed by atoms with Crippen molar-refractivity contribution < 1.29 is 18.0 Å². The van der Waals surface area contributed by atoms with Gasteiger partial charge in [0.15, 0.2) is 10.8 Å². The van der Waals surface area contributed by atoms with Crippen LogP contribution in [-0.2, 0) is 23.8 Å². The maximum atomic E-state index is 13.2. The molecule has 0 fully saturated rings. The minimum absolute atomic E-state index is 0.000796. The van der Waals surface area contributed by atoms with Crippen LogP contribution in [0.2, 0.25) is 5.15 Å². The Balaban J connectivity index is 1.68. The van der Waals surface area contributed by atoms with Gasteiger partial charge in [0.25, 0.3) is 0 Å². The average molecular weight is 464 g/mol. The van der Waals surface area contributed by atoms with E-state index in [9.17, 15) is 18.0 Å². The summed E-state index contributed by atoms with van der Waals surface area (Å²) < 4.78 is 41.2. The van der Waals surface area contributed by atoms with E-state index < -0.39 is 11.9 Å². The van der Waals surface area contributed by atoms with Gasteiger partial charge in [-0.1, -0.05) is 25.4 Å². The summed E-state index contributed by atoms with van der Waals surface area (Å²) in [6.45, 7) is 3.89. The fourth-order valence-corrected chi connectivity index (χ4v) is 3.68. The van der Waals surface area contributed by atoms with Crippen molar-refractivity contribution in [3.05, 3.63) is 64.6 Å². The standard InChI is InChI=1S/C20H17ClF3N7O/c1-11(2)19-13(9-26-18-8-17(21)29-30(18)19)6-14(32)5-12-7-16(20(22,23)24)25-10-15(12)31-27-3-4-28-31/h3-4,7-11H,5-6H2,1-2H3. The second kappa shape index (κ2) is 8.30. The Hall–Kier alpha value is -3.34. The van der Waals surface area contributed by atoms with Crippen molar-refractivity contribution in [3.63, 3.8) is 0 Å². The van der Waals surface area contributed by atoms with Crippen LogP contribution in [0.3, 0.4) is 0 Å². The van der Waals surface area contributed by atoms with Gasteiger partial charge in [-0.2, -0.15) is 28.5 Å². The largest absolute Gasteiger partial charge is 0.433 e. The number of pyridine rings is 1. The monoisotopic (exact) mass is 463 g/mol. The number of aromatic nitrogens is 7. The lowest BCUT2D eigenvalue weighted by Crippen LogP contribution is -2.16. The third-order valence-corrected chi connectivity index (χ3v) is 4.97. The quantitative estimate of drug-likeness (QED) is 0.431. The molecule has 0 aromatic carbocycles. The van der Waals surface area contributed by atoms with Crippen LogP contribution in [0.1, 0.15) is 42.3 Å². The molecule has 12 heteroatoms. The minimum atomic E-state index is -4.65. The van der Waals surface area contributed by atoms with Crippen LogP contribution in [0.5, 0.6) is 0 Å². The van der Waals surface area contributed by atoms with Crippen LogP contribution in [0.15, 0.2) is 36.9 Å². The fraction of sp³-hybridized carbons (Fsp3) is 0.300. The maximum Gasteiger partial charge on any atom is 0.433 e. The van der Waals surface area contributed by atoms with Gasteiger partial charge in [0, 0.05) is 25.1 Å². The number of halogens is 4. The number of alkyl halides is 3. The van der Waals surface area contributed by atoms with Gasteiger partial charge < -0.3 is 0 Å². The Kier molecular flexibility index (Phi) is 5.68. The van der Waals surface area contributed by atoms with E-state index in [1.807, 2.05) is 13.8 Å². The number of rotatable bonds is 6. The number of Topliss-reactive ketones (excluding diaryl/α,β-unsaturated/α-hetero) is 1. The van der Waals surface area contributed by atoms with Crippen LogP contribution >= 0.6 is 11.6 Å². The van der Waals surface area contributed by atoms with Crippen LogP contribution in [-0.4, -0.2) is 40.4 Å². The molecule has 0 aliphatic carbocycles. The van der Waals surface area contributed by atoms with Gasteiger partial charge in [0.2, 0.25) is 0 Å². The molecule has 0 bridgehead atoms. The van der Waals surface area contributed by atoms with Crippen molar-refractivity contribution in [2.24, 2.45) is 0 Å². The van der Waals surface area contributed by atoms with E-state index >= 15 is 0 Å². The average Bonchev–Trinajstić information content (AvgIpc) is 3.35. The predicted octanol–water partition coefficient (Wildman–Crippen LogP) is 3.85. The number of fused-ring (bicyclic) bond motifs is 1. The molecule has 32 heavy (non-hydrogen) atoms. The number of hydrogen-bond acceptors (Lipinski definition) is 6. The Labute approximate surface area is 185 Å². The second-order valence-electron chi connectivity index (χ2n) is 7.47. The first kappa shape index (κ1) is 21.9. The topological polar surface area (TPSA) is 90.9 Å². The van der Waals surface area contributed by atoms with E-state index in [1.54, 1.807) is 16.8 Å². The lowest BCUT2D eigenvalue weighted by molar-refractivity contribution is -0.141. The third-order valence-electron chi connectivity index (χ3n) is 4.78. The van der Waals surface area contributed by atoms with Crippen molar-refractivity contribution in [3.8, 4) is 5.69 Å². The molecular formula is C20H17ClF3N7O. The van der Waals surface area contributed by atoms with Crippen molar-refractivity contribution in [1.82, 2.24) is 34.6 Å². The van der Waals surface area contributed by atoms with Crippen LogP contribution < -0.4 is 0 Å². The molecular weight excluding hydrogens is 447 g/mol. The van der Waals surface area contributed by atoms with Gasteiger partial charge in [-0.3, -0.25) is 4.79 Å². The first-order chi connectivity index (χ1) is 15.1. The minimum Gasteiger partial charge on any atom is -0.299 e. The van der Waals surface area contributed by atoms with Crippen LogP contribution in [0.25, 0.3) is 11.3 Å². The molecule has 0 N–H and O–H groups in total. The molecule has 4 heterocycles. The molecule has 0 saturated heterocycles. The van der Waals surface area contributed by atoms with E-state index in [0.29, 0.717) is 11.2 Å². The van der Waals surface area contributed by atoms with Gasteiger partial charge in [-0.05, 0) is 23.1 Å². The Morgan fingerprint density at radius 2 is 1.75 bits per heavy atom. The molecule has 0 aliphatic rings. The number of carbonyl (C=O) groups is 1. The van der Waals surface area contributed by atoms with Crippen LogP contribution in [0.4, 0.5) is 13.2 Å². The zero-order valence-electron chi connectivity index (χ0n) is 17.0. The Bertz CT molecular complexity index is 1280. The normalized spacial score (nSPS) is 12.1. The van der Waals surface area contributed by atoms with E-state index in [1.165, 1.54) is 12.4 Å². The lowest BCUT2D eigenvalue weighted by atomic mass is 9.98. The highest BCUT2D eigenvalue weighted by molar-refractivity contribution is 6.29. The summed E-state index contributed by atoms with van der Waals surface area (Å²) in [5.41, 5.74) is 1.17. The fourth-order valence-electron chi connectivity index (χ4n) is 3.50. The molecule has 0 spiro atoms. The highest BCUT2D eigenvalue weighted by Gasteiger charge is 2.33. The first-order valence-corrected chi connectivity index (χ1v) is 9.99. The summed E-state index contributed by atoms with van der Waals surface area (Å²) in [7, 11) is 0. The zero-order valence-corrected chi connectivity index (χ0v) is 17.8. The smallest absolute Gasteiger partial charge is 0.299 e. The molecule has 0 amide bonds. The maximum absolute atomic E-state index is 13.2. The summed E-state index contributed by atoms with van der Waals surface area (Å²) in [5.74, 6) is -0.306. The molecule has 0 atom stereocenters. The number of carbonyl (C=O) groups excluding carboxylic acids is 1. The molecule has 0 aliphatic heterocycles. The highest BCUT2D eigenvalue weighted by atomic mass is 35.5. The van der Waals surface area contributed by atoms with Crippen molar-refractivity contribution in [1.29, 1.82) is 0 Å². The van der Waals surface area contributed by atoms with Gasteiger partial charge in [-0.25, -0.2) is 14.5 Å². The first-order valence-electron chi connectivity index (χ1n) is 9.61. The van der Waals surface area contributed by atoms with E-state index in [-0.39, 0.29) is 40.9 Å². The van der Waals surface area contributed by atoms with Crippen molar-refractivity contribution in [2.45, 2.75) is 38.8 Å². The molecule has 0 saturated carbocycles. The summed E-state index contributed by atoms with van der Waals surface area (Å²) in [6.07, 6.45) is 0.408. The van der Waals surface area contributed by atoms with E-state index in [4.69, 9.17) is 11.6 Å². The van der Waals surface area contributed by atoms with Gasteiger partial charge in [0.1, 0.15) is 17.2 Å². The summed E-state index contributed by atoms with van der Waals surface area (Å²) in [4.78, 5) is 21.8. The highest BCUT2D eigenvalue weighted by Crippen LogP contribution is 2.30. The zero-order chi connectivity index (χ0) is 23.0. The molecule has 8 nitrogen and oxygen atoms in total. The molecule has 4 aromatic heterocycles. The Morgan fingerprint density at radius 1 is 1.06 bits per heavy atom. The predicted molar refractivity (Wildman–Crippen MR) is 109 cm³/mol. The van der Waals surface area contributed by atoms with Crippen molar-refractivity contribution in [2.75, 3.05) is 0 Å².